The van der Waals surface area contributed by atoms with Crippen LogP contribution in [0.25, 0.3) is 0 Å². The largest absolute Gasteiger partial charge is 0.369 e. The van der Waals surface area contributed by atoms with Gasteiger partial charge < -0.3 is 5.11 Å². The van der Waals surface area contributed by atoms with E-state index < -0.39 is 1.61 Å². The molecule has 0 aromatic heterocycles. The van der Waals surface area contributed by atoms with Crippen LogP contribution in [0, 0.1) is 0 Å². The fourth-order valence-corrected chi connectivity index (χ4v) is 20.8. The summed E-state index contributed by atoms with van der Waals surface area (Å²) in [5.74, 6) is 0. The second-order valence-corrected chi connectivity index (χ2v) is 46.6. The molecule has 0 heterocycles. The number of hydrogen-bond donors (Lipinski definition) is 1. The van der Waals surface area contributed by atoms with Gasteiger partial charge in [0.05, 0.1) is 0 Å². The van der Waals surface area contributed by atoms with Crippen LogP contribution in [0.3, 0.4) is 0 Å². The molecule has 0 spiro atoms. The average molecular weight is 2000 g/mol. The quantitative estimate of drug-likeness (QED) is 0.208. The molecule has 0 aliphatic rings. The van der Waals surface area contributed by atoms with Crippen molar-refractivity contribution in [2.75, 3.05) is 0 Å². The van der Waals surface area contributed by atoms with Gasteiger partial charge in [-0.25, -0.2) is 0 Å². The van der Waals surface area contributed by atoms with Gasteiger partial charge in [-0.3, -0.25) is 0 Å². The van der Waals surface area contributed by atoms with Gasteiger partial charge in [0, 0.05) is 0 Å². The number of rotatable bonds is 6. The molecule has 0 saturated carbocycles. The molecule has 0 aromatic rings. The van der Waals surface area contributed by atoms with Crippen molar-refractivity contribution in [2.24, 2.45) is 0 Å². The third kappa shape index (κ3) is 7.46. The minimum absolute atomic E-state index is 0.0275. The van der Waals surface area contributed by atoms with Crippen LogP contribution in [-0.4, -0.2) is 13.3 Å². The lowest BCUT2D eigenvalue weighted by Gasteiger charge is -2.55. The van der Waals surface area contributed by atoms with Gasteiger partial charge in [-0.1, -0.05) is 294 Å². The smallest absolute Gasteiger partial charge is 0.192 e. The van der Waals surface area contributed by atoms with Crippen LogP contribution >= 0.6 is 339 Å². The number of alkyl halides is 15. The molecule has 0 rings (SSSR count). The van der Waals surface area contributed by atoms with E-state index in [2.05, 4.69) is 339 Å². The summed E-state index contributed by atoms with van der Waals surface area (Å²) in [6, 6.07) is 0. The van der Waals surface area contributed by atoms with E-state index in [9.17, 15) is 5.11 Å². The van der Waals surface area contributed by atoms with Crippen LogP contribution in [0.2, 0.25) is 0 Å². The van der Waals surface area contributed by atoms with Crippen molar-refractivity contribution in [1.82, 2.24) is 0 Å². The molecule has 0 atom stereocenters. The Morgan fingerprint density at radius 3 is 0.783 bits per heavy atom. The summed E-state index contributed by atoms with van der Waals surface area (Å²) in [5.41, 5.74) is 0. The van der Waals surface area contributed by atoms with E-state index in [4.69, 9.17) is 0 Å². The highest BCUT2D eigenvalue weighted by molar-refractivity contribution is 14.3. The van der Waals surface area contributed by atoms with E-state index in [0.29, 0.717) is 0 Å². The van der Waals surface area contributed by atoms with E-state index in [1.54, 1.807) is 0 Å². The number of halogens is 15. The zero-order chi connectivity index (χ0) is 19.5. The topological polar surface area (TPSA) is 20.2 Å². The lowest BCUT2D eigenvalue weighted by Crippen LogP contribution is -2.65. The van der Waals surface area contributed by atoms with Gasteiger partial charge in [0.25, 0.3) is 0 Å². The van der Waals surface area contributed by atoms with Crippen molar-refractivity contribution in [3.63, 3.8) is 0 Å². The molecule has 0 aromatic carbocycles. The van der Waals surface area contributed by atoms with Crippen LogP contribution in [0.4, 0.5) is 0 Å². The molecule has 0 radical (unpaired) electrons. The highest BCUT2D eigenvalue weighted by Gasteiger charge is 2.74. The van der Waals surface area contributed by atoms with Crippen molar-refractivity contribution < 1.29 is 5.11 Å². The predicted molar refractivity (Wildman–Crippen MR) is 232 cm³/mol. The molecule has 16 heteroatoms. The molecule has 0 saturated heterocycles. The summed E-state index contributed by atoms with van der Waals surface area (Å²) in [7, 11) is 0. The van der Waals surface area contributed by atoms with Gasteiger partial charge in [-0.05, 0) is 45.2 Å². The molecule has 0 bridgehead atoms. The Hall–Kier alpha value is 10.9. The molecule has 23 heavy (non-hydrogen) atoms. The first-order chi connectivity index (χ1) is 9.50. The Morgan fingerprint density at radius 2 is 0.565 bits per heavy atom. The SMILES string of the molecule is OC(I)(I)C(I)(I)C(I)(I)C(I)(I)C(I)(I)C(I)(I)C(I)(I)I. The van der Waals surface area contributed by atoms with Crippen LogP contribution in [0.15, 0.2) is 0 Å². The van der Waals surface area contributed by atoms with Crippen LogP contribution in [0.5, 0.6) is 0 Å². The first-order valence-corrected chi connectivity index (χ1v) is 20.7. The van der Waals surface area contributed by atoms with Crippen molar-refractivity contribution in [2.45, 2.75) is 8.19 Å². The standard InChI is InChI=1S/C7HI15O/c8-1(9,2(10,11)4(14,15)6(18,19)20)3(12,13)5(16,17)7(21,22)23/h23H. The van der Waals surface area contributed by atoms with Gasteiger partial charge in [0.1, 0.15) is 6.58 Å². The maximum absolute atomic E-state index is 10.8. The fraction of sp³-hybridized carbons (Fsp3) is 1.00. The molecule has 0 aliphatic heterocycles. The second-order valence-electron chi connectivity index (χ2n) is 3.91. The molecular formula is C7HI15O. The summed E-state index contributed by atoms with van der Waals surface area (Å²) < 4.78 is -1.71. The first-order valence-electron chi connectivity index (χ1n) is 4.56. The molecule has 0 fully saturated rings. The molecule has 0 unspecified atom stereocenters. The van der Waals surface area contributed by atoms with Gasteiger partial charge in [0.15, 0.2) is 1.61 Å². The molecule has 0 aliphatic carbocycles. The number of aliphatic hydroxyl groups is 1. The van der Waals surface area contributed by atoms with E-state index in [0.717, 1.165) is 0 Å². The fourth-order valence-electron chi connectivity index (χ4n) is 0.958. The summed E-state index contributed by atoms with van der Waals surface area (Å²) in [6.07, 6.45) is 0. The molecular weight excluding hydrogens is 2000 g/mol. The van der Waals surface area contributed by atoms with Gasteiger partial charge in [0.2, 0.25) is 0 Å². The summed E-state index contributed by atoms with van der Waals surface area (Å²) >= 11 is 37.5. The molecule has 0 amide bonds. The Bertz CT molecular complexity index is 400. The van der Waals surface area contributed by atoms with Gasteiger partial charge in [-0.15, -0.1) is 0 Å². The van der Waals surface area contributed by atoms with Crippen molar-refractivity contribution in [3.8, 4) is 0 Å². The zero-order valence-electron chi connectivity index (χ0n) is 9.62. The number of hydrogen-bond acceptors (Lipinski definition) is 1. The van der Waals surface area contributed by atoms with E-state index in [1.165, 1.54) is 0 Å². The maximum atomic E-state index is 10.8. The van der Waals surface area contributed by atoms with Crippen molar-refractivity contribution in [1.29, 1.82) is 0 Å². The Morgan fingerprint density at radius 1 is 0.348 bits per heavy atom. The summed E-state index contributed by atoms with van der Waals surface area (Å²) in [4.78, 5) is 0. The first kappa shape index (κ1) is 33.9. The average Bonchev–Trinajstić information content (AvgIpc) is 2.24. The lowest BCUT2D eigenvalue weighted by atomic mass is 10.1. The maximum Gasteiger partial charge on any atom is 0.192 e. The van der Waals surface area contributed by atoms with Crippen LogP contribution < -0.4 is 0 Å². The Labute approximate surface area is 341 Å². The second kappa shape index (κ2) is 12.0. The monoisotopic (exact) mass is 2000 g/mol. The van der Waals surface area contributed by atoms with Crippen molar-refractivity contribution >= 4 is 339 Å². The van der Waals surface area contributed by atoms with Crippen molar-refractivity contribution in [3.05, 3.63) is 0 Å². The molecule has 1 nitrogen and oxygen atoms in total. The third-order valence-corrected chi connectivity index (χ3v) is 49.3. The van der Waals surface area contributed by atoms with E-state index in [1.807, 2.05) is 0 Å². The Kier molecular flexibility index (Phi) is 17.6. The summed E-state index contributed by atoms with van der Waals surface area (Å²) in [5, 5.41) is 10.8. The van der Waals surface area contributed by atoms with E-state index in [-0.39, 0.29) is 6.58 Å². The lowest BCUT2D eigenvalue weighted by molar-refractivity contribution is 0.257. The van der Waals surface area contributed by atoms with Crippen LogP contribution in [0.1, 0.15) is 0 Å². The van der Waals surface area contributed by atoms with E-state index >= 15 is 0 Å². The van der Waals surface area contributed by atoms with Gasteiger partial charge >= 0.3 is 0 Å². The predicted octanol–water partition coefficient (Wildman–Crippen LogP) is 11.3. The van der Waals surface area contributed by atoms with Gasteiger partial charge in [-0.2, -0.15) is 0 Å². The minimum atomic E-state index is -0.869. The molecule has 1 N–H and O–H groups in total. The summed E-state index contributed by atoms with van der Waals surface area (Å²) in [6.45, 7) is 0. The normalized spacial score (nSPS) is 16.7. The zero-order valence-corrected chi connectivity index (χ0v) is 42.0. The molecule has 140 valence electrons. The third-order valence-electron chi connectivity index (χ3n) is 2.31. The van der Waals surface area contributed by atoms with Crippen LogP contribution in [-0.2, 0) is 0 Å². The highest BCUT2D eigenvalue weighted by atomic mass is 127. The Balaban J connectivity index is 6.37. The minimum Gasteiger partial charge on any atom is -0.369 e. The highest BCUT2D eigenvalue weighted by Crippen LogP contribution is 2.77.